The van der Waals surface area contributed by atoms with Crippen LogP contribution in [0.2, 0.25) is 0 Å². The van der Waals surface area contributed by atoms with Crippen LogP contribution in [0.15, 0.2) is 60.8 Å². The van der Waals surface area contributed by atoms with Crippen molar-refractivity contribution in [3.8, 4) is 0 Å². The molecule has 0 saturated heterocycles. The molecular formula is C60H106O6. The standard InChI is InChI=1S/C60H106O6/c1-4-7-10-13-16-19-22-25-28-30-32-35-38-41-44-47-50-53-59(62)65-56-57(55-64-58(61)52-49-46-43-40-37-34-27-24-21-18-15-12-9-6-3)66-60(63)54-51-48-45-42-39-36-33-31-29-26-23-20-17-14-11-8-5-2/h16,19,24-25,27-28,32,35,41,44,57H,4-15,17-18,20-23,26,29-31,33-34,36-40,42-43,45-56H2,1-3H3/b19-16-,27-24-,28-25-,35-32-,44-41-/t57-/m1/s1. The molecule has 0 aromatic carbocycles. The normalized spacial score (nSPS) is 12.5. The van der Waals surface area contributed by atoms with E-state index in [0.29, 0.717) is 19.3 Å². The highest BCUT2D eigenvalue weighted by Gasteiger charge is 2.19. The molecule has 66 heavy (non-hydrogen) atoms. The van der Waals surface area contributed by atoms with E-state index in [1.165, 1.54) is 167 Å². The van der Waals surface area contributed by atoms with Gasteiger partial charge in [0, 0.05) is 19.3 Å². The Morgan fingerprint density at radius 3 is 0.955 bits per heavy atom. The molecule has 0 N–H and O–H groups in total. The molecule has 382 valence electrons. The summed E-state index contributed by atoms with van der Waals surface area (Å²) in [6.45, 7) is 6.57. The Morgan fingerprint density at radius 1 is 0.303 bits per heavy atom. The number of hydrogen-bond donors (Lipinski definition) is 0. The predicted molar refractivity (Wildman–Crippen MR) is 284 cm³/mol. The van der Waals surface area contributed by atoms with E-state index in [4.69, 9.17) is 14.2 Å². The Kier molecular flexibility index (Phi) is 52.3. The third kappa shape index (κ3) is 52.1. The highest BCUT2D eigenvalue weighted by atomic mass is 16.6. The summed E-state index contributed by atoms with van der Waals surface area (Å²) >= 11 is 0. The predicted octanol–water partition coefficient (Wildman–Crippen LogP) is 18.8. The van der Waals surface area contributed by atoms with Crippen molar-refractivity contribution in [1.82, 2.24) is 0 Å². The van der Waals surface area contributed by atoms with Crippen LogP contribution in [0.1, 0.15) is 284 Å². The molecule has 0 amide bonds. The average molecular weight is 924 g/mol. The van der Waals surface area contributed by atoms with Crippen molar-refractivity contribution in [3.63, 3.8) is 0 Å². The molecule has 0 heterocycles. The van der Waals surface area contributed by atoms with Crippen LogP contribution in [0.4, 0.5) is 0 Å². The quantitative estimate of drug-likeness (QED) is 0.0262. The lowest BCUT2D eigenvalue weighted by molar-refractivity contribution is -0.167. The van der Waals surface area contributed by atoms with Crippen molar-refractivity contribution in [3.05, 3.63) is 60.8 Å². The molecule has 6 heteroatoms. The highest BCUT2D eigenvalue weighted by Crippen LogP contribution is 2.16. The molecule has 0 fully saturated rings. The smallest absolute Gasteiger partial charge is 0.306 e. The number of unbranched alkanes of at least 4 members (excludes halogenated alkanes) is 30. The van der Waals surface area contributed by atoms with Crippen molar-refractivity contribution in [2.45, 2.75) is 290 Å². The second-order valence-corrected chi connectivity index (χ2v) is 18.8. The van der Waals surface area contributed by atoms with Crippen molar-refractivity contribution in [1.29, 1.82) is 0 Å². The van der Waals surface area contributed by atoms with Crippen molar-refractivity contribution in [2.75, 3.05) is 13.2 Å². The van der Waals surface area contributed by atoms with Crippen molar-refractivity contribution >= 4 is 17.9 Å². The van der Waals surface area contributed by atoms with E-state index in [9.17, 15) is 14.4 Å². The topological polar surface area (TPSA) is 78.9 Å². The van der Waals surface area contributed by atoms with E-state index < -0.39 is 6.10 Å². The maximum absolute atomic E-state index is 12.8. The first-order valence-corrected chi connectivity index (χ1v) is 28.3. The van der Waals surface area contributed by atoms with Gasteiger partial charge in [0.05, 0.1) is 0 Å². The van der Waals surface area contributed by atoms with Gasteiger partial charge in [0.1, 0.15) is 13.2 Å². The SMILES string of the molecule is CCCCC/C=C\C/C=C\C/C=C\C/C=C\CCCC(=O)OC[C@@H](COC(=O)CCCCCCC/C=C\CCCCCCC)OC(=O)CCCCCCCCCCCCCCCCCCC. The molecule has 0 aliphatic rings. The molecule has 0 saturated carbocycles. The Bertz CT molecular complexity index is 1200. The van der Waals surface area contributed by atoms with E-state index in [2.05, 4.69) is 81.5 Å². The summed E-state index contributed by atoms with van der Waals surface area (Å²) in [5, 5.41) is 0. The second kappa shape index (κ2) is 54.7. The lowest BCUT2D eigenvalue weighted by atomic mass is 10.0. The molecule has 0 rings (SSSR count). The van der Waals surface area contributed by atoms with E-state index in [0.717, 1.165) is 70.6 Å². The summed E-state index contributed by atoms with van der Waals surface area (Å²) in [6.07, 6.45) is 67.8. The fraction of sp³-hybridized carbons (Fsp3) is 0.783. The first kappa shape index (κ1) is 63.1. The molecule has 0 aromatic rings. The molecule has 0 unspecified atom stereocenters. The summed E-state index contributed by atoms with van der Waals surface area (Å²) in [4.78, 5) is 38.1. The van der Waals surface area contributed by atoms with Crippen LogP contribution in [0.3, 0.4) is 0 Å². The number of esters is 3. The average Bonchev–Trinajstić information content (AvgIpc) is 3.31. The van der Waals surface area contributed by atoms with Gasteiger partial charge >= 0.3 is 17.9 Å². The minimum atomic E-state index is -0.797. The largest absolute Gasteiger partial charge is 0.462 e. The highest BCUT2D eigenvalue weighted by molar-refractivity contribution is 5.71. The first-order valence-electron chi connectivity index (χ1n) is 28.3. The van der Waals surface area contributed by atoms with Crippen LogP contribution in [0.25, 0.3) is 0 Å². The Hall–Kier alpha value is -2.89. The Balaban J connectivity index is 4.45. The third-order valence-corrected chi connectivity index (χ3v) is 12.2. The van der Waals surface area contributed by atoms with E-state index in [1.807, 2.05) is 0 Å². The zero-order valence-electron chi connectivity index (χ0n) is 43.7. The van der Waals surface area contributed by atoms with Gasteiger partial charge in [0.25, 0.3) is 0 Å². The molecule has 0 aliphatic carbocycles. The third-order valence-electron chi connectivity index (χ3n) is 12.2. The molecule has 0 radical (unpaired) electrons. The van der Waals surface area contributed by atoms with Crippen LogP contribution >= 0.6 is 0 Å². The summed E-state index contributed by atoms with van der Waals surface area (Å²) < 4.78 is 16.8. The van der Waals surface area contributed by atoms with Crippen LogP contribution in [0.5, 0.6) is 0 Å². The van der Waals surface area contributed by atoms with Crippen LogP contribution in [-0.4, -0.2) is 37.2 Å². The number of rotatable bonds is 51. The van der Waals surface area contributed by atoms with Crippen LogP contribution in [0, 0.1) is 0 Å². The van der Waals surface area contributed by atoms with Crippen molar-refractivity contribution < 1.29 is 28.6 Å². The minimum Gasteiger partial charge on any atom is -0.462 e. The Labute approximate surface area is 409 Å². The van der Waals surface area contributed by atoms with E-state index in [-0.39, 0.29) is 37.5 Å². The lowest BCUT2D eigenvalue weighted by Gasteiger charge is -2.18. The zero-order valence-corrected chi connectivity index (χ0v) is 43.7. The van der Waals surface area contributed by atoms with Crippen LogP contribution < -0.4 is 0 Å². The molecule has 0 aromatic heterocycles. The van der Waals surface area contributed by atoms with Crippen LogP contribution in [-0.2, 0) is 28.6 Å². The van der Waals surface area contributed by atoms with Gasteiger partial charge in [-0.25, -0.2) is 0 Å². The van der Waals surface area contributed by atoms with Gasteiger partial charge < -0.3 is 14.2 Å². The molecular weight excluding hydrogens is 817 g/mol. The van der Waals surface area contributed by atoms with Gasteiger partial charge in [-0.1, -0.05) is 242 Å². The molecule has 0 bridgehead atoms. The second-order valence-electron chi connectivity index (χ2n) is 18.8. The van der Waals surface area contributed by atoms with Gasteiger partial charge in [-0.15, -0.1) is 0 Å². The maximum Gasteiger partial charge on any atom is 0.306 e. The van der Waals surface area contributed by atoms with Gasteiger partial charge in [-0.2, -0.15) is 0 Å². The molecule has 0 aliphatic heterocycles. The monoisotopic (exact) mass is 923 g/mol. The fourth-order valence-corrected chi connectivity index (χ4v) is 7.96. The first-order chi connectivity index (χ1) is 32.5. The Morgan fingerprint density at radius 2 is 0.561 bits per heavy atom. The van der Waals surface area contributed by atoms with Gasteiger partial charge in [-0.3, -0.25) is 14.4 Å². The lowest BCUT2D eigenvalue weighted by Crippen LogP contribution is -2.30. The van der Waals surface area contributed by atoms with Crippen molar-refractivity contribution in [2.24, 2.45) is 0 Å². The van der Waals surface area contributed by atoms with E-state index >= 15 is 0 Å². The summed E-state index contributed by atoms with van der Waals surface area (Å²) in [6, 6.07) is 0. The van der Waals surface area contributed by atoms with E-state index in [1.54, 1.807) is 0 Å². The van der Waals surface area contributed by atoms with Gasteiger partial charge in [0.2, 0.25) is 0 Å². The number of ether oxygens (including phenoxy) is 3. The number of carbonyl (C=O) groups is 3. The molecule has 0 spiro atoms. The van der Waals surface area contributed by atoms with Gasteiger partial charge in [-0.05, 0) is 83.5 Å². The molecule has 1 atom stereocenters. The zero-order chi connectivity index (χ0) is 47.9. The summed E-state index contributed by atoms with van der Waals surface area (Å²) in [7, 11) is 0. The molecule has 6 nitrogen and oxygen atoms in total. The maximum atomic E-state index is 12.8. The number of carbonyl (C=O) groups excluding carboxylic acids is 3. The summed E-state index contributed by atoms with van der Waals surface area (Å²) in [5.41, 5.74) is 0. The summed E-state index contributed by atoms with van der Waals surface area (Å²) in [5.74, 6) is -0.948. The van der Waals surface area contributed by atoms with Gasteiger partial charge in [0.15, 0.2) is 6.10 Å². The fourth-order valence-electron chi connectivity index (χ4n) is 7.96. The number of allylic oxidation sites excluding steroid dienone is 10. The number of hydrogen-bond acceptors (Lipinski definition) is 6. The minimum absolute atomic E-state index is 0.0932.